The maximum absolute atomic E-state index is 14.7. The Labute approximate surface area is 228 Å². The molecular formula is C31H23BF7P. The molecule has 0 spiro atoms. The topological polar surface area (TPSA) is 0 Å². The minimum absolute atomic E-state index is 0.392. The number of benzene rings is 5. The highest BCUT2D eigenvalue weighted by atomic mass is 31.2. The first-order valence-corrected chi connectivity index (χ1v) is 14.1. The van der Waals surface area contributed by atoms with E-state index in [0.717, 1.165) is 22.0 Å². The minimum Gasteiger partial charge on any atom is -0.418 e. The molecule has 5 rings (SSSR count). The van der Waals surface area contributed by atoms with Crippen LogP contribution in [-0.4, -0.2) is 7.25 Å². The second-order valence-corrected chi connectivity index (χ2v) is 12.4. The van der Waals surface area contributed by atoms with Crippen LogP contribution in [0.1, 0.15) is 16.8 Å². The van der Waals surface area contributed by atoms with Gasteiger partial charge in [-0.1, -0.05) is 66.7 Å². The normalized spacial score (nSPS) is 12.3. The second kappa shape index (κ2) is 12.5. The number of rotatable bonds is 6. The summed E-state index contributed by atoms with van der Waals surface area (Å²) < 4.78 is 83.0. The summed E-state index contributed by atoms with van der Waals surface area (Å²) in [5, 5.41) is 3.11. The van der Waals surface area contributed by atoms with Crippen molar-refractivity contribution >= 4 is 30.4 Å². The van der Waals surface area contributed by atoms with Crippen LogP contribution in [0.5, 0.6) is 0 Å². The van der Waals surface area contributed by atoms with E-state index in [-0.39, 0.29) is 0 Å². The molecule has 1 unspecified atom stereocenters. The van der Waals surface area contributed by atoms with E-state index in [1.165, 1.54) is 24.3 Å². The van der Waals surface area contributed by atoms with E-state index in [1.807, 2.05) is 60.7 Å². The summed E-state index contributed by atoms with van der Waals surface area (Å²) >= 11 is 0. The second-order valence-electron chi connectivity index (χ2n) is 8.88. The van der Waals surface area contributed by atoms with E-state index < -0.39 is 37.6 Å². The van der Waals surface area contributed by atoms with Crippen molar-refractivity contribution in [2.75, 3.05) is 0 Å². The number of halogens is 7. The predicted octanol–water partition coefficient (Wildman–Crippen LogP) is 8.49. The van der Waals surface area contributed by atoms with Gasteiger partial charge < -0.3 is 17.3 Å². The van der Waals surface area contributed by atoms with Crippen molar-refractivity contribution in [2.24, 2.45) is 0 Å². The van der Waals surface area contributed by atoms with Crippen molar-refractivity contribution in [1.29, 1.82) is 0 Å². The van der Waals surface area contributed by atoms with Gasteiger partial charge in [-0.15, -0.1) is 0 Å². The van der Waals surface area contributed by atoms with Gasteiger partial charge in [0.2, 0.25) is 0 Å². The molecule has 0 saturated carbocycles. The highest BCUT2D eigenvalue weighted by molar-refractivity contribution is 7.96. The Kier molecular flexibility index (Phi) is 9.11. The first kappa shape index (κ1) is 29.1. The Morgan fingerprint density at radius 2 is 0.800 bits per heavy atom. The maximum Gasteiger partial charge on any atom is 0.673 e. The largest absolute Gasteiger partial charge is 0.673 e. The molecule has 0 N–H and O–H groups in total. The zero-order valence-electron chi connectivity index (χ0n) is 20.9. The fraction of sp³-hybridized carbons (Fsp3) is 0.0323. The van der Waals surface area contributed by atoms with Crippen molar-refractivity contribution in [3.05, 3.63) is 162 Å². The van der Waals surface area contributed by atoms with E-state index >= 15 is 0 Å². The van der Waals surface area contributed by atoms with Crippen molar-refractivity contribution in [1.82, 2.24) is 0 Å². The van der Waals surface area contributed by atoms with Crippen LogP contribution >= 0.6 is 7.26 Å². The van der Waals surface area contributed by atoms with Gasteiger partial charge in [0.1, 0.15) is 46.3 Å². The average molecular weight is 570 g/mol. The van der Waals surface area contributed by atoms with E-state index in [9.17, 15) is 30.4 Å². The molecule has 0 heterocycles. The van der Waals surface area contributed by atoms with Crippen LogP contribution in [0.15, 0.2) is 133 Å². The third-order valence-electron chi connectivity index (χ3n) is 6.24. The van der Waals surface area contributed by atoms with E-state index in [4.69, 9.17) is 0 Å². The van der Waals surface area contributed by atoms with E-state index in [0.29, 0.717) is 11.1 Å². The first-order chi connectivity index (χ1) is 19.1. The van der Waals surface area contributed by atoms with Gasteiger partial charge in [-0.25, -0.2) is 13.2 Å². The molecule has 5 aromatic carbocycles. The zero-order chi connectivity index (χ0) is 28.8. The molecule has 0 aliphatic heterocycles. The fourth-order valence-electron chi connectivity index (χ4n) is 4.93. The summed E-state index contributed by atoms with van der Waals surface area (Å²) in [7, 11) is -8.67. The van der Waals surface area contributed by atoms with Crippen LogP contribution in [0.3, 0.4) is 0 Å². The first-order valence-electron chi connectivity index (χ1n) is 12.2. The van der Waals surface area contributed by atoms with Crippen LogP contribution in [0.4, 0.5) is 30.4 Å². The van der Waals surface area contributed by atoms with Crippen molar-refractivity contribution in [2.45, 2.75) is 5.66 Å². The van der Waals surface area contributed by atoms with Crippen molar-refractivity contribution in [3.8, 4) is 0 Å². The van der Waals surface area contributed by atoms with Gasteiger partial charge in [0.25, 0.3) is 0 Å². The fourth-order valence-corrected chi connectivity index (χ4v) is 9.85. The third kappa shape index (κ3) is 6.81. The monoisotopic (exact) mass is 570 g/mol. The van der Waals surface area contributed by atoms with Crippen LogP contribution in [-0.2, 0) is 0 Å². The SMILES string of the molecule is F[B-](F)(F)F.Fc1cccc(C(c2cc(F)cc(F)c2)[P+](c2ccccc2)(c2ccccc2)c2ccccc2)c1. The molecule has 5 aromatic rings. The van der Waals surface area contributed by atoms with Gasteiger partial charge in [0.05, 0.1) is 0 Å². The molecule has 0 saturated heterocycles. The quantitative estimate of drug-likeness (QED) is 0.109. The predicted molar refractivity (Wildman–Crippen MR) is 150 cm³/mol. The molecule has 0 fully saturated rings. The van der Waals surface area contributed by atoms with Gasteiger partial charge in [-0.05, 0) is 60.7 Å². The molecule has 0 aliphatic rings. The van der Waals surface area contributed by atoms with Gasteiger partial charge >= 0.3 is 7.25 Å². The molecular weight excluding hydrogens is 547 g/mol. The van der Waals surface area contributed by atoms with Crippen molar-refractivity contribution < 1.29 is 30.4 Å². The third-order valence-corrected chi connectivity index (χ3v) is 11.0. The van der Waals surface area contributed by atoms with E-state index in [1.54, 1.807) is 6.07 Å². The Morgan fingerprint density at radius 3 is 1.18 bits per heavy atom. The molecule has 0 amide bonds. The van der Waals surface area contributed by atoms with Crippen molar-refractivity contribution in [3.63, 3.8) is 0 Å². The minimum atomic E-state index is -6.00. The van der Waals surface area contributed by atoms with Crippen LogP contribution in [0, 0.1) is 17.5 Å². The highest BCUT2D eigenvalue weighted by Gasteiger charge is 2.54. The lowest BCUT2D eigenvalue weighted by molar-refractivity contribution is 0.368. The summed E-state index contributed by atoms with van der Waals surface area (Å²) in [6.45, 7) is 0. The Hall–Kier alpha value is -3.90. The highest BCUT2D eigenvalue weighted by Crippen LogP contribution is 2.69. The molecule has 9 heteroatoms. The van der Waals surface area contributed by atoms with Crippen LogP contribution in [0.2, 0.25) is 0 Å². The summed E-state index contributed by atoms with van der Waals surface area (Å²) in [5.41, 5.74) is 0.605. The van der Waals surface area contributed by atoms with Crippen LogP contribution in [0.25, 0.3) is 0 Å². The average Bonchev–Trinajstić information content (AvgIpc) is 2.91. The molecule has 1 atom stereocenters. The lowest BCUT2D eigenvalue weighted by Crippen LogP contribution is -2.35. The lowest BCUT2D eigenvalue weighted by Gasteiger charge is -2.35. The van der Waals surface area contributed by atoms with Crippen LogP contribution < -0.4 is 15.9 Å². The molecule has 0 aromatic heterocycles. The number of hydrogen-bond acceptors (Lipinski definition) is 0. The lowest BCUT2D eigenvalue weighted by atomic mass is 10.0. The summed E-state index contributed by atoms with van der Waals surface area (Å²) in [6.07, 6.45) is 0. The Balaban J connectivity index is 0.000000681. The Morgan fingerprint density at radius 1 is 0.425 bits per heavy atom. The Bertz CT molecular complexity index is 1410. The smallest absolute Gasteiger partial charge is 0.418 e. The van der Waals surface area contributed by atoms with Gasteiger partial charge in [0.15, 0.2) is 0 Å². The van der Waals surface area contributed by atoms with E-state index in [2.05, 4.69) is 36.4 Å². The maximum atomic E-state index is 14.7. The van der Waals surface area contributed by atoms with Gasteiger partial charge in [-0.2, -0.15) is 0 Å². The molecule has 0 nitrogen and oxygen atoms in total. The summed E-state index contributed by atoms with van der Waals surface area (Å²) in [6, 6.07) is 40.1. The molecule has 0 radical (unpaired) electrons. The summed E-state index contributed by atoms with van der Waals surface area (Å²) in [5.74, 6) is -1.71. The standard InChI is InChI=1S/C31H23F3P.BF4/c32-25-12-10-11-23(19-25)31(24-20-26(33)22-27(34)21-24)35(28-13-4-1-5-14-28,29-15-6-2-7-16-29)30-17-8-3-9-18-30;2-1(3,4)5/h1-22,31H;/q+1;-1. The van der Waals surface area contributed by atoms with Gasteiger partial charge in [0, 0.05) is 17.2 Å². The zero-order valence-corrected chi connectivity index (χ0v) is 21.8. The molecule has 40 heavy (non-hydrogen) atoms. The summed E-state index contributed by atoms with van der Waals surface area (Å²) in [4.78, 5) is 0. The molecule has 204 valence electrons. The van der Waals surface area contributed by atoms with Gasteiger partial charge in [-0.3, -0.25) is 0 Å². The number of hydrogen-bond donors (Lipinski definition) is 0. The molecule has 0 aliphatic carbocycles. The molecule has 0 bridgehead atoms.